The molecule has 0 saturated carbocycles. The van der Waals surface area contributed by atoms with Gasteiger partial charge in [0.2, 0.25) is 5.91 Å². The van der Waals surface area contributed by atoms with E-state index in [0.717, 1.165) is 12.1 Å². The summed E-state index contributed by atoms with van der Waals surface area (Å²) in [4.78, 5) is 25.7. The van der Waals surface area contributed by atoms with Gasteiger partial charge in [-0.2, -0.15) is 0 Å². The first kappa shape index (κ1) is 19.1. The number of halogens is 2. The highest BCUT2D eigenvalue weighted by atomic mass is 19.2. The maximum absolute atomic E-state index is 13.2. The quantitative estimate of drug-likeness (QED) is 0.851. The van der Waals surface area contributed by atoms with Crippen LogP contribution in [-0.4, -0.2) is 48.7 Å². The van der Waals surface area contributed by atoms with Crippen LogP contribution in [0.5, 0.6) is 0 Å². The normalized spacial score (nSPS) is 17.0. The maximum atomic E-state index is 13.2. The van der Waals surface area contributed by atoms with E-state index in [1.807, 2.05) is 4.90 Å². The minimum absolute atomic E-state index is 0.0248. The van der Waals surface area contributed by atoms with Crippen LogP contribution >= 0.6 is 0 Å². The van der Waals surface area contributed by atoms with Gasteiger partial charge in [-0.25, -0.2) is 13.6 Å². The molecule has 2 N–H and O–H groups in total. The smallest absolute Gasteiger partial charge is 0.407 e. The molecule has 2 rings (SSSR count). The summed E-state index contributed by atoms with van der Waals surface area (Å²) in [5, 5.41) is 5.38. The fourth-order valence-corrected chi connectivity index (χ4v) is 2.76. The second-order valence-corrected chi connectivity index (χ2v) is 5.97. The molecule has 1 heterocycles. The number of nitrogens with zero attached hydrogens (tertiary/aromatic N) is 1. The van der Waals surface area contributed by atoms with Gasteiger partial charge in [0.05, 0.1) is 12.6 Å². The third kappa shape index (κ3) is 5.38. The third-order valence-corrected chi connectivity index (χ3v) is 4.24. The second kappa shape index (κ2) is 8.75. The van der Waals surface area contributed by atoms with E-state index in [1.54, 1.807) is 13.8 Å². The first-order chi connectivity index (χ1) is 11.9. The predicted octanol–water partition coefficient (Wildman–Crippen LogP) is 2.50. The lowest BCUT2D eigenvalue weighted by molar-refractivity contribution is -0.121. The number of hydrogen-bond donors (Lipinski definition) is 2. The summed E-state index contributed by atoms with van der Waals surface area (Å²) < 4.78 is 31.0. The van der Waals surface area contributed by atoms with Crippen molar-refractivity contribution in [2.75, 3.05) is 25.0 Å². The third-order valence-electron chi connectivity index (χ3n) is 4.24. The molecule has 0 aliphatic carbocycles. The van der Waals surface area contributed by atoms with Crippen molar-refractivity contribution in [2.45, 2.75) is 38.8 Å². The minimum Gasteiger partial charge on any atom is -0.450 e. The van der Waals surface area contributed by atoms with E-state index < -0.39 is 23.8 Å². The molecule has 0 radical (unpaired) electrons. The van der Waals surface area contributed by atoms with Crippen LogP contribution in [0.2, 0.25) is 0 Å². The van der Waals surface area contributed by atoms with Crippen LogP contribution < -0.4 is 10.6 Å². The molecule has 1 atom stereocenters. The number of hydrogen-bond acceptors (Lipinski definition) is 4. The number of amides is 2. The Balaban J connectivity index is 1.82. The van der Waals surface area contributed by atoms with Crippen LogP contribution in [0.25, 0.3) is 0 Å². The van der Waals surface area contributed by atoms with Crippen LogP contribution in [-0.2, 0) is 9.53 Å². The van der Waals surface area contributed by atoms with Crippen LogP contribution in [0.15, 0.2) is 18.2 Å². The summed E-state index contributed by atoms with van der Waals surface area (Å²) in [5.74, 6) is -2.25. The highest BCUT2D eigenvalue weighted by Gasteiger charge is 2.27. The van der Waals surface area contributed by atoms with Crippen molar-refractivity contribution in [1.82, 2.24) is 10.2 Å². The van der Waals surface area contributed by atoms with E-state index >= 15 is 0 Å². The average molecular weight is 355 g/mol. The Bertz CT molecular complexity index is 619. The second-order valence-electron chi connectivity index (χ2n) is 5.97. The van der Waals surface area contributed by atoms with Crippen molar-refractivity contribution >= 4 is 17.7 Å². The molecule has 8 heteroatoms. The molecule has 1 saturated heterocycles. The number of anilines is 1. The van der Waals surface area contributed by atoms with Gasteiger partial charge in [-0.05, 0) is 38.8 Å². The SMILES string of the molecule is CCOC(=O)NC1CCN(C(C)C(=O)Nc2ccc(F)c(F)c2)CC1. The summed E-state index contributed by atoms with van der Waals surface area (Å²) in [5.41, 5.74) is 0.217. The highest BCUT2D eigenvalue weighted by Crippen LogP contribution is 2.17. The molecule has 0 bridgehead atoms. The van der Waals surface area contributed by atoms with Crippen molar-refractivity contribution in [3.8, 4) is 0 Å². The van der Waals surface area contributed by atoms with Crippen LogP contribution in [0.4, 0.5) is 19.3 Å². The molecule has 0 spiro atoms. The molecular weight excluding hydrogens is 332 g/mol. The van der Waals surface area contributed by atoms with E-state index in [1.165, 1.54) is 6.07 Å². The number of piperidine rings is 1. The fourth-order valence-electron chi connectivity index (χ4n) is 2.76. The zero-order valence-corrected chi connectivity index (χ0v) is 14.4. The first-order valence-electron chi connectivity index (χ1n) is 8.34. The van der Waals surface area contributed by atoms with Gasteiger partial charge >= 0.3 is 6.09 Å². The highest BCUT2D eigenvalue weighted by molar-refractivity contribution is 5.94. The lowest BCUT2D eigenvalue weighted by Gasteiger charge is -2.35. The fraction of sp³-hybridized carbons (Fsp3) is 0.529. The zero-order valence-electron chi connectivity index (χ0n) is 14.4. The summed E-state index contributed by atoms with van der Waals surface area (Å²) in [6.45, 7) is 5.11. The van der Waals surface area contributed by atoms with Crippen molar-refractivity contribution < 1.29 is 23.1 Å². The number of ether oxygens (including phenoxy) is 1. The van der Waals surface area contributed by atoms with E-state index in [-0.39, 0.29) is 17.6 Å². The van der Waals surface area contributed by atoms with Crippen LogP contribution in [0.3, 0.4) is 0 Å². The lowest BCUT2D eigenvalue weighted by Crippen LogP contribution is -2.50. The van der Waals surface area contributed by atoms with Gasteiger partial charge in [-0.15, -0.1) is 0 Å². The molecule has 1 aromatic carbocycles. The van der Waals surface area contributed by atoms with Gasteiger partial charge in [0.25, 0.3) is 0 Å². The topological polar surface area (TPSA) is 70.7 Å². The Morgan fingerprint density at radius 2 is 1.96 bits per heavy atom. The molecule has 1 unspecified atom stereocenters. The number of likely N-dealkylation sites (tertiary alicyclic amines) is 1. The molecule has 1 aromatic rings. The van der Waals surface area contributed by atoms with E-state index in [0.29, 0.717) is 32.5 Å². The molecule has 6 nitrogen and oxygen atoms in total. The molecule has 138 valence electrons. The Hall–Kier alpha value is -2.22. The molecule has 1 fully saturated rings. The Morgan fingerprint density at radius 1 is 1.28 bits per heavy atom. The van der Waals surface area contributed by atoms with Crippen molar-refractivity contribution in [3.63, 3.8) is 0 Å². The predicted molar refractivity (Wildman–Crippen MR) is 89.2 cm³/mol. The lowest BCUT2D eigenvalue weighted by atomic mass is 10.0. The van der Waals surface area contributed by atoms with Crippen molar-refractivity contribution in [1.29, 1.82) is 0 Å². The van der Waals surface area contributed by atoms with Gasteiger partial charge in [-0.1, -0.05) is 0 Å². The number of benzene rings is 1. The maximum Gasteiger partial charge on any atom is 0.407 e. The van der Waals surface area contributed by atoms with Crippen LogP contribution in [0.1, 0.15) is 26.7 Å². The van der Waals surface area contributed by atoms with Gasteiger partial charge in [0.15, 0.2) is 11.6 Å². The van der Waals surface area contributed by atoms with Gasteiger partial charge < -0.3 is 15.4 Å². The number of alkyl carbamates (subject to hydrolysis) is 1. The summed E-state index contributed by atoms with van der Waals surface area (Å²) in [6, 6.07) is 2.85. The van der Waals surface area contributed by atoms with Gasteiger partial charge in [-0.3, -0.25) is 9.69 Å². The van der Waals surface area contributed by atoms with Crippen LogP contribution in [0, 0.1) is 11.6 Å². The van der Waals surface area contributed by atoms with Crippen molar-refractivity contribution in [2.24, 2.45) is 0 Å². The zero-order chi connectivity index (χ0) is 18.4. The van der Waals surface area contributed by atoms with Gasteiger partial charge in [0.1, 0.15) is 0 Å². The first-order valence-corrected chi connectivity index (χ1v) is 8.34. The minimum atomic E-state index is -1.00. The van der Waals surface area contributed by atoms with Crippen molar-refractivity contribution in [3.05, 3.63) is 29.8 Å². The number of carbonyl (C=O) groups excluding carboxylic acids is 2. The Kier molecular flexibility index (Phi) is 6.69. The summed E-state index contributed by atoms with van der Waals surface area (Å²) in [7, 11) is 0. The van der Waals surface area contributed by atoms with E-state index in [2.05, 4.69) is 10.6 Å². The Labute approximate surface area is 145 Å². The summed E-state index contributed by atoms with van der Waals surface area (Å²) in [6.07, 6.45) is 0.994. The molecule has 2 amide bonds. The molecule has 1 aliphatic rings. The largest absolute Gasteiger partial charge is 0.450 e. The number of carbonyl (C=O) groups is 2. The van der Waals surface area contributed by atoms with Gasteiger partial charge in [0, 0.05) is 30.9 Å². The molecular formula is C17H23F2N3O3. The summed E-state index contributed by atoms with van der Waals surface area (Å²) >= 11 is 0. The Morgan fingerprint density at radius 3 is 2.56 bits per heavy atom. The van der Waals surface area contributed by atoms with E-state index in [9.17, 15) is 18.4 Å². The van der Waals surface area contributed by atoms with E-state index in [4.69, 9.17) is 4.74 Å². The monoisotopic (exact) mass is 355 g/mol. The standard InChI is InChI=1S/C17H23F2N3O3/c1-3-25-17(24)21-12-6-8-22(9-7-12)11(2)16(23)20-13-4-5-14(18)15(19)10-13/h4-5,10-12H,3,6-9H2,1-2H3,(H,20,23)(H,21,24). The average Bonchev–Trinajstić information content (AvgIpc) is 2.58. The molecule has 1 aliphatic heterocycles. The number of nitrogens with one attached hydrogen (secondary N) is 2. The molecule has 0 aromatic heterocycles. The number of rotatable bonds is 5. The molecule has 25 heavy (non-hydrogen) atoms.